The van der Waals surface area contributed by atoms with E-state index >= 15 is 4.79 Å². The van der Waals surface area contributed by atoms with E-state index < -0.39 is 28.7 Å². The lowest BCUT2D eigenvalue weighted by Gasteiger charge is -2.45. The minimum atomic E-state index is -1.22. The third-order valence-electron chi connectivity index (χ3n) is 13.0. The van der Waals surface area contributed by atoms with Crippen LogP contribution in [0.25, 0.3) is 43.8 Å². The molecule has 4 unspecified atom stereocenters. The highest BCUT2D eigenvalue weighted by Gasteiger charge is 2.55. The van der Waals surface area contributed by atoms with E-state index in [9.17, 15) is 4.79 Å². The van der Waals surface area contributed by atoms with Gasteiger partial charge in [-0.3, -0.25) is 4.79 Å². The predicted molar refractivity (Wildman–Crippen MR) is 223 cm³/mol. The SMILES string of the molecule is C=C(C)C(=O)OC1(C2CCCO2)c2cccc(CC(C)(C)C(=O)OC3(C4CCOC4)c4ccccc4-c4cccc5cccc3c45)c2-c2cccc3cccc1c23. The Morgan fingerprint density at radius 3 is 2.00 bits per heavy atom. The van der Waals surface area contributed by atoms with Crippen molar-refractivity contribution in [2.75, 3.05) is 19.8 Å². The summed E-state index contributed by atoms with van der Waals surface area (Å²) in [4.78, 5) is 29.0. The van der Waals surface area contributed by atoms with Gasteiger partial charge in [0, 0.05) is 47.0 Å². The molecule has 0 radical (unpaired) electrons. The molecule has 57 heavy (non-hydrogen) atoms. The van der Waals surface area contributed by atoms with Crippen LogP contribution in [0.3, 0.4) is 0 Å². The quantitative estimate of drug-likeness (QED) is 0.114. The number of rotatable bonds is 8. The Morgan fingerprint density at radius 2 is 1.32 bits per heavy atom. The second-order valence-electron chi connectivity index (χ2n) is 17.0. The minimum absolute atomic E-state index is 0.0778. The lowest BCUT2D eigenvalue weighted by Crippen LogP contribution is -2.47. The summed E-state index contributed by atoms with van der Waals surface area (Å²) in [5.41, 5.74) is 6.06. The van der Waals surface area contributed by atoms with E-state index in [0.717, 1.165) is 90.9 Å². The molecule has 0 bridgehead atoms. The monoisotopic (exact) mass is 754 g/mol. The van der Waals surface area contributed by atoms with Crippen LogP contribution in [0.4, 0.5) is 0 Å². The number of benzene rings is 6. The standard InChI is InChI=1S/C51H46O6/c1-31(2)47(52)56-51(43-25-12-27-55-43)41-23-10-16-33-14-8-20-38(45(33)41)46-34(17-11-24-42(46)51)29-49(3,4)48(53)57-50(35-26-28-54-30-35)39-21-6-5-18-36(39)37-19-7-13-32-15-9-22-40(50)44(32)37/h5-11,13-24,35,43H,1,12,25-30H2,2-4H3. The molecule has 2 saturated heterocycles. The molecule has 6 nitrogen and oxygen atoms in total. The van der Waals surface area contributed by atoms with E-state index in [1.54, 1.807) is 6.92 Å². The van der Waals surface area contributed by atoms with Crippen LogP contribution in [-0.4, -0.2) is 37.9 Å². The Labute approximate surface area is 333 Å². The molecule has 2 heterocycles. The van der Waals surface area contributed by atoms with Crippen LogP contribution in [0, 0.1) is 11.3 Å². The van der Waals surface area contributed by atoms with Gasteiger partial charge < -0.3 is 18.9 Å². The maximum absolute atomic E-state index is 15.3. The predicted octanol–water partition coefficient (Wildman–Crippen LogP) is 10.6. The molecule has 0 N–H and O–H groups in total. The molecule has 0 amide bonds. The van der Waals surface area contributed by atoms with E-state index in [1.807, 2.05) is 32.0 Å². The maximum Gasteiger partial charge on any atom is 0.334 e. The lowest BCUT2D eigenvalue weighted by atomic mass is 9.67. The van der Waals surface area contributed by atoms with Gasteiger partial charge in [-0.1, -0.05) is 122 Å². The number of hydrogen-bond acceptors (Lipinski definition) is 6. The van der Waals surface area contributed by atoms with Gasteiger partial charge in [0.1, 0.15) is 6.10 Å². The van der Waals surface area contributed by atoms with Crippen LogP contribution in [0.15, 0.2) is 127 Å². The number of fused-ring (bicyclic) bond motifs is 4. The first-order valence-corrected chi connectivity index (χ1v) is 20.2. The third-order valence-corrected chi connectivity index (χ3v) is 13.0. The van der Waals surface area contributed by atoms with Gasteiger partial charge in [0.2, 0.25) is 0 Å². The second-order valence-corrected chi connectivity index (χ2v) is 17.0. The van der Waals surface area contributed by atoms with Crippen LogP contribution in [0.2, 0.25) is 0 Å². The summed E-state index contributed by atoms with van der Waals surface area (Å²) in [5.74, 6) is -0.828. The number of carbonyl (C=O) groups is 2. The minimum Gasteiger partial charge on any atom is -0.448 e. The molecule has 6 heteroatoms. The van der Waals surface area contributed by atoms with Gasteiger partial charge in [0.25, 0.3) is 0 Å². The first-order chi connectivity index (χ1) is 27.6. The number of hydrogen-bond donors (Lipinski definition) is 0. The molecule has 4 aliphatic rings. The highest BCUT2D eigenvalue weighted by molar-refractivity contribution is 6.05. The molecule has 2 aliphatic heterocycles. The summed E-state index contributed by atoms with van der Waals surface area (Å²) in [5, 5.41) is 4.31. The summed E-state index contributed by atoms with van der Waals surface area (Å²) >= 11 is 0. The van der Waals surface area contributed by atoms with Gasteiger partial charge in [-0.05, 0) is 95.8 Å². The zero-order valence-electron chi connectivity index (χ0n) is 32.7. The molecule has 2 fully saturated rings. The maximum atomic E-state index is 15.3. The number of esters is 2. The lowest BCUT2D eigenvalue weighted by molar-refractivity contribution is -0.173. The van der Waals surface area contributed by atoms with Crippen LogP contribution < -0.4 is 0 Å². The molecular formula is C51H46O6. The van der Waals surface area contributed by atoms with Crippen molar-refractivity contribution in [3.8, 4) is 22.3 Å². The largest absolute Gasteiger partial charge is 0.448 e. The van der Waals surface area contributed by atoms with E-state index in [2.05, 4.69) is 104 Å². The van der Waals surface area contributed by atoms with E-state index in [4.69, 9.17) is 18.9 Å². The topological polar surface area (TPSA) is 71.1 Å². The highest BCUT2D eigenvalue weighted by Crippen LogP contribution is 2.57. The Hall–Kier alpha value is -5.56. The molecule has 0 spiro atoms. The summed E-state index contributed by atoms with van der Waals surface area (Å²) in [6.07, 6.45) is 2.33. The molecule has 2 aliphatic carbocycles. The van der Waals surface area contributed by atoms with Crippen molar-refractivity contribution in [2.45, 2.75) is 63.8 Å². The summed E-state index contributed by atoms with van der Waals surface area (Å²) in [6, 6.07) is 39.9. The van der Waals surface area contributed by atoms with Crippen molar-refractivity contribution in [2.24, 2.45) is 11.3 Å². The normalized spacial score (nSPS) is 23.2. The smallest absolute Gasteiger partial charge is 0.334 e. The zero-order chi connectivity index (χ0) is 39.1. The van der Waals surface area contributed by atoms with Gasteiger partial charge >= 0.3 is 11.9 Å². The van der Waals surface area contributed by atoms with Gasteiger partial charge in [0.15, 0.2) is 11.2 Å². The van der Waals surface area contributed by atoms with Crippen molar-refractivity contribution < 1.29 is 28.5 Å². The van der Waals surface area contributed by atoms with Crippen LogP contribution in [0.1, 0.15) is 67.9 Å². The summed E-state index contributed by atoms with van der Waals surface area (Å²) in [7, 11) is 0. The highest BCUT2D eigenvalue weighted by atomic mass is 16.6. The molecule has 6 aromatic rings. The van der Waals surface area contributed by atoms with E-state index in [-0.39, 0.29) is 11.9 Å². The first kappa shape index (κ1) is 35.8. The average molecular weight is 755 g/mol. The van der Waals surface area contributed by atoms with Crippen molar-refractivity contribution in [3.05, 3.63) is 155 Å². The molecule has 4 atom stereocenters. The van der Waals surface area contributed by atoms with Crippen LogP contribution in [-0.2, 0) is 46.2 Å². The van der Waals surface area contributed by atoms with Crippen molar-refractivity contribution in [1.29, 1.82) is 0 Å². The summed E-state index contributed by atoms with van der Waals surface area (Å²) < 4.78 is 26.5. The molecule has 0 aromatic heterocycles. The Kier molecular flexibility index (Phi) is 8.33. The number of ether oxygens (including phenoxy) is 4. The molecular weight excluding hydrogens is 709 g/mol. The Morgan fingerprint density at radius 1 is 0.702 bits per heavy atom. The average Bonchev–Trinajstić information content (AvgIpc) is 3.97. The van der Waals surface area contributed by atoms with Gasteiger partial charge in [-0.25, -0.2) is 4.79 Å². The van der Waals surface area contributed by atoms with Gasteiger partial charge in [-0.15, -0.1) is 0 Å². The Balaban J connectivity index is 1.13. The number of carbonyl (C=O) groups excluding carboxylic acids is 2. The fourth-order valence-corrected chi connectivity index (χ4v) is 10.4. The van der Waals surface area contributed by atoms with Gasteiger partial charge in [0.05, 0.1) is 12.0 Å². The zero-order valence-corrected chi connectivity index (χ0v) is 32.7. The van der Waals surface area contributed by atoms with E-state index in [1.165, 1.54) is 0 Å². The first-order valence-electron chi connectivity index (χ1n) is 20.2. The third kappa shape index (κ3) is 5.23. The van der Waals surface area contributed by atoms with Crippen LogP contribution >= 0.6 is 0 Å². The fourth-order valence-electron chi connectivity index (χ4n) is 10.4. The van der Waals surface area contributed by atoms with Crippen LogP contribution in [0.5, 0.6) is 0 Å². The Bertz CT molecular complexity index is 2630. The summed E-state index contributed by atoms with van der Waals surface area (Å²) in [6.45, 7) is 11.3. The molecule has 6 aromatic carbocycles. The molecule has 0 saturated carbocycles. The molecule has 10 rings (SSSR count). The van der Waals surface area contributed by atoms with Crippen molar-refractivity contribution in [1.82, 2.24) is 0 Å². The van der Waals surface area contributed by atoms with Crippen molar-refractivity contribution >= 4 is 33.5 Å². The van der Waals surface area contributed by atoms with Crippen molar-refractivity contribution in [3.63, 3.8) is 0 Å². The second kappa shape index (κ2) is 13.3. The van der Waals surface area contributed by atoms with Gasteiger partial charge in [-0.2, -0.15) is 0 Å². The fraction of sp³-hybridized carbons (Fsp3) is 0.294. The van der Waals surface area contributed by atoms with E-state index in [0.29, 0.717) is 31.8 Å². The molecule has 286 valence electrons.